The third-order valence-electron chi connectivity index (χ3n) is 5.17. The first-order valence-corrected chi connectivity index (χ1v) is 8.97. The predicted octanol–water partition coefficient (Wildman–Crippen LogP) is 4.20. The smallest absolute Gasteiger partial charge is 0.00967 e. The maximum Gasteiger partial charge on any atom is 0.00967 e. The SMILES string of the molecule is CC(C)(C)NCC1(CN2CCCCC2)CCCCCC1. The van der Waals surface area contributed by atoms with E-state index >= 15 is 0 Å². The summed E-state index contributed by atoms with van der Waals surface area (Å²) in [5, 5.41) is 3.82. The van der Waals surface area contributed by atoms with E-state index in [0.717, 1.165) is 0 Å². The average molecular weight is 280 g/mol. The molecule has 2 heteroatoms. The van der Waals surface area contributed by atoms with Gasteiger partial charge < -0.3 is 10.2 Å². The summed E-state index contributed by atoms with van der Waals surface area (Å²) in [6.45, 7) is 12.2. The zero-order chi connectivity index (χ0) is 14.5. The second-order valence-corrected chi connectivity index (χ2v) is 8.35. The minimum absolute atomic E-state index is 0.251. The van der Waals surface area contributed by atoms with Gasteiger partial charge >= 0.3 is 0 Å². The molecule has 0 aromatic heterocycles. The van der Waals surface area contributed by atoms with Crippen LogP contribution in [0.5, 0.6) is 0 Å². The number of hydrogen-bond acceptors (Lipinski definition) is 2. The van der Waals surface area contributed by atoms with E-state index in [2.05, 4.69) is 31.0 Å². The molecule has 1 N–H and O–H groups in total. The van der Waals surface area contributed by atoms with Crippen molar-refractivity contribution in [2.24, 2.45) is 5.41 Å². The number of nitrogens with one attached hydrogen (secondary N) is 1. The zero-order valence-electron chi connectivity index (χ0n) is 14.1. The van der Waals surface area contributed by atoms with Gasteiger partial charge in [0.2, 0.25) is 0 Å². The molecular weight excluding hydrogens is 244 g/mol. The Morgan fingerprint density at radius 2 is 1.40 bits per heavy atom. The minimum Gasteiger partial charge on any atom is -0.311 e. The van der Waals surface area contributed by atoms with E-state index in [1.165, 1.54) is 84.0 Å². The van der Waals surface area contributed by atoms with Gasteiger partial charge in [-0.25, -0.2) is 0 Å². The van der Waals surface area contributed by atoms with Gasteiger partial charge in [-0.1, -0.05) is 32.1 Å². The highest BCUT2D eigenvalue weighted by Gasteiger charge is 2.34. The van der Waals surface area contributed by atoms with Crippen molar-refractivity contribution in [3.8, 4) is 0 Å². The summed E-state index contributed by atoms with van der Waals surface area (Å²) in [4.78, 5) is 2.76. The van der Waals surface area contributed by atoms with E-state index in [1.807, 2.05) is 0 Å². The van der Waals surface area contributed by atoms with Gasteiger partial charge in [0.15, 0.2) is 0 Å². The van der Waals surface area contributed by atoms with E-state index in [0.29, 0.717) is 5.41 Å². The third-order valence-corrected chi connectivity index (χ3v) is 5.17. The number of nitrogens with zero attached hydrogens (tertiary/aromatic N) is 1. The van der Waals surface area contributed by atoms with Crippen LogP contribution >= 0.6 is 0 Å². The molecule has 1 aliphatic heterocycles. The van der Waals surface area contributed by atoms with Crippen LogP contribution in [0.2, 0.25) is 0 Å². The lowest BCUT2D eigenvalue weighted by Crippen LogP contribution is -2.49. The zero-order valence-corrected chi connectivity index (χ0v) is 14.1. The van der Waals surface area contributed by atoms with Gasteiger partial charge in [-0.2, -0.15) is 0 Å². The van der Waals surface area contributed by atoms with Crippen LogP contribution in [-0.4, -0.2) is 36.6 Å². The van der Waals surface area contributed by atoms with Gasteiger partial charge in [0, 0.05) is 18.6 Å². The van der Waals surface area contributed by atoms with Crippen molar-refractivity contribution < 1.29 is 0 Å². The van der Waals surface area contributed by atoms with Crippen LogP contribution in [0.3, 0.4) is 0 Å². The molecule has 0 atom stereocenters. The van der Waals surface area contributed by atoms with Crippen LogP contribution < -0.4 is 5.32 Å². The van der Waals surface area contributed by atoms with Gasteiger partial charge in [0.1, 0.15) is 0 Å². The summed E-state index contributed by atoms with van der Waals surface area (Å²) >= 11 is 0. The molecule has 0 bridgehead atoms. The molecule has 0 spiro atoms. The summed E-state index contributed by atoms with van der Waals surface area (Å²) in [7, 11) is 0. The van der Waals surface area contributed by atoms with Crippen LogP contribution in [0.25, 0.3) is 0 Å². The fourth-order valence-corrected chi connectivity index (χ4v) is 3.91. The maximum atomic E-state index is 3.82. The minimum atomic E-state index is 0.251. The van der Waals surface area contributed by atoms with E-state index < -0.39 is 0 Å². The van der Waals surface area contributed by atoms with Crippen molar-refractivity contribution in [3.63, 3.8) is 0 Å². The van der Waals surface area contributed by atoms with Crippen LogP contribution in [0.15, 0.2) is 0 Å². The molecule has 20 heavy (non-hydrogen) atoms. The quantitative estimate of drug-likeness (QED) is 0.776. The van der Waals surface area contributed by atoms with E-state index in [1.54, 1.807) is 0 Å². The summed E-state index contributed by atoms with van der Waals surface area (Å²) in [5.41, 5.74) is 0.794. The summed E-state index contributed by atoms with van der Waals surface area (Å²) < 4.78 is 0. The molecule has 0 unspecified atom stereocenters. The first-order valence-electron chi connectivity index (χ1n) is 8.97. The molecular formula is C18H36N2. The average Bonchev–Trinajstić information content (AvgIpc) is 2.63. The Morgan fingerprint density at radius 1 is 0.850 bits per heavy atom. The monoisotopic (exact) mass is 280 g/mol. The molecule has 1 saturated carbocycles. The van der Waals surface area contributed by atoms with E-state index in [9.17, 15) is 0 Å². The molecule has 2 aliphatic rings. The lowest BCUT2D eigenvalue weighted by atomic mass is 9.78. The standard InChI is InChI=1S/C18H36N2/c1-17(2,3)19-15-18(11-7-4-5-8-12-18)16-20-13-9-6-10-14-20/h19H,4-16H2,1-3H3. The Hall–Kier alpha value is -0.0800. The molecule has 0 radical (unpaired) electrons. The molecule has 118 valence electrons. The van der Waals surface area contributed by atoms with Crippen molar-refractivity contribution >= 4 is 0 Å². The summed E-state index contributed by atoms with van der Waals surface area (Å²) in [5.74, 6) is 0. The van der Waals surface area contributed by atoms with E-state index in [-0.39, 0.29) is 5.54 Å². The fourth-order valence-electron chi connectivity index (χ4n) is 3.91. The normalized spacial score (nSPS) is 25.4. The Bertz CT molecular complexity index is 266. The van der Waals surface area contributed by atoms with Crippen LogP contribution in [0.1, 0.15) is 78.6 Å². The Morgan fingerprint density at radius 3 is 1.95 bits per heavy atom. The number of piperidine rings is 1. The summed E-state index contributed by atoms with van der Waals surface area (Å²) in [6, 6.07) is 0. The topological polar surface area (TPSA) is 15.3 Å². The van der Waals surface area contributed by atoms with Crippen LogP contribution in [0, 0.1) is 5.41 Å². The van der Waals surface area contributed by atoms with Crippen molar-refractivity contribution in [2.75, 3.05) is 26.2 Å². The highest BCUT2D eigenvalue weighted by molar-refractivity contribution is 4.89. The van der Waals surface area contributed by atoms with Crippen LogP contribution in [-0.2, 0) is 0 Å². The second-order valence-electron chi connectivity index (χ2n) is 8.35. The largest absolute Gasteiger partial charge is 0.311 e. The third kappa shape index (κ3) is 5.37. The molecule has 0 aromatic rings. The lowest BCUT2D eigenvalue weighted by Gasteiger charge is -2.41. The molecule has 0 amide bonds. The van der Waals surface area contributed by atoms with Crippen molar-refractivity contribution in [2.45, 2.75) is 84.1 Å². The van der Waals surface area contributed by atoms with Crippen molar-refractivity contribution in [1.82, 2.24) is 10.2 Å². The molecule has 1 saturated heterocycles. The highest BCUT2D eigenvalue weighted by Crippen LogP contribution is 2.36. The van der Waals surface area contributed by atoms with E-state index in [4.69, 9.17) is 0 Å². The Kier molecular flexibility index (Phi) is 5.92. The predicted molar refractivity (Wildman–Crippen MR) is 88.2 cm³/mol. The van der Waals surface area contributed by atoms with Crippen LogP contribution in [0.4, 0.5) is 0 Å². The summed E-state index contributed by atoms with van der Waals surface area (Å²) in [6.07, 6.45) is 13.0. The van der Waals surface area contributed by atoms with Gasteiger partial charge in [-0.05, 0) is 65.0 Å². The molecule has 2 nitrogen and oxygen atoms in total. The molecule has 1 aliphatic carbocycles. The van der Waals surface area contributed by atoms with Gasteiger partial charge in [-0.3, -0.25) is 0 Å². The number of rotatable bonds is 4. The fraction of sp³-hybridized carbons (Fsp3) is 1.00. The van der Waals surface area contributed by atoms with Gasteiger partial charge in [0.05, 0.1) is 0 Å². The highest BCUT2D eigenvalue weighted by atomic mass is 15.1. The lowest BCUT2D eigenvalue weighted by molar-refractivity contribution is 0.104. The first kappa shape index (κ1) is 16.3. The Labute approximate surface area is 126 Å². The number of likely N-dealkylation sites (tertiary alicyclic amines) is 1. The molecule has 2 fully saturated rings. The molecule has 0 aromatic carbocycles. The Balaban J connectivity index is 1.97. The maximum absolute atomic E-state index is 3.82. The molecule has 1 heterocycles. The van der Waals surface area contributed by atoms with Gasteiger partial charge in [0.25, 0.3) is 0 Å². The first-order chi connectivity index (χ1) is 9.49. The van der Waals surface area contributed by atoms with Gasteiger partial charge in [-0.15, -0.1) is 0 Å². The second kappa shape index (κ2) is 7.26. The van der Waals surface area contributed by atoms with Crippen molar-refractivity contribution in [1.29, 1.82) is 0 Å². The molecule has 2 rings (SSSR count). The van der Waals surface area contributed by atoms with Crippen molar-refractivity contribution in [3.05, 3.63) is 0 Å². The number of hydrogen-bond donors (Lipinski definition) is 1.